The van der Waals surface area contributed by atoms with E-state index in [2.05, 4.69) is 35.9 Å². The minimum Gasteiger partial charge on any atom is -0.315 e. The van der Waals surface area contributed by atoms with Gasteiger partial charge in [-0.25, -0.2) is 8.42 Å². The van der Waals surface area contributed by atoms with Crippen molar-refractivity contribution in [2.24, 2.45) is 10.9 Å². The van der Waals surface area contributed by atoms with E-state index in [4.69, 9.17) is 0 Å². The van der Waals surface area contributed by atoms with Crippen LogP contribution in [0.25, 0.3) is 0 Å². The number of hydrogen-bond acceptors (Lipinski definition) is 4. The molecule has 0 radical (unpaired) electrons. The summed E-state index contributed by atoms with van der Waals surface area (Å²) in [5.74, 6) is 0.0316. The SMILES string of the molecule is CCc1cccc(CC)c1N1C(=NC(=O)[C@H](C)CC)S[C@H]2CS(=O)(=O)C[C@H]21. The summed E-state index contributed by atoms with van der Waals surface area (Å²) >= 11 is 1.46. The Labute approximate surface area is 166 Å². The molecule has 0 spiro atoms. The standard InChI is InChI=1S/C20H28N2O3S2/c1-5-13(4)19(23)21-20-22(16-11-27(24,25)12-17(16)26-20)18-14(6-2)9-8-10-15(18)7-3/h8-10,13,16-17H,5-7,11-12H2,1-4H3/t13-,16-,17+/m1/s1. The average molecular weight is 409 g/mol. The van der Waals surface area contributed by atoms with Crippen LogP contribution < -0.4 is 4.90 Å². The van der Waals surface area contributed by atoms with E-state index in [9.17, 15) is 13.2 Å². The van der Waals surface area contributed by atoms with Crippen molar-refractivity contribution in [2.75, 3.05) is 16.4 Å². The molecule has 2 aliphatic heterocycles. The normalized spacial score (nSPS) is 26.4. The van der Waals surface area contributed by atoms with Crippen LogP contribution in [0.3, 0.4) is 0 Å². The number of carbonyl (C=O) groups excluding carboxylic acids is 1. The zero-order valence-electron chi connectivity index (χ0n) is 16.4. The fourth-order valence-corrected chi connectivity index (χ4v) is 7.63. The van der Waals surface area contributed by atoms with Crippen LogP contribution >= 0.6 is 11.8 Å². The van der Waals surface area contributed by atoms with Gasteiger partial charge in [0.05, 0.1) is 17.5 Å². The van der Waals surface area contributed by atoms with Crippen LogP contribution in [-0.4, -0.2) is 42.3 Å². The Bertz CT molecular complexity index is 842. The number of amidine groups is 1. The number of amides is 1. The topological polar surface area (TPSA) is 66.8 Å². The molecule has 27 heavy (non-hydrogen) atoms. The first-order valence-corrected chi connectivity index (χ1v) is 12.4. The molecule has 0 saturated carbocycles. The third kappa shape index (κ3) is 3.94. The highest BCUT2D eigenvalue weighted by molar-refractivity contribution is 8.16. The maximum atomic E-state index is 12.5. The number of rotatable bonds is 5. The second-order valence-electron chi connectivity index (χ2n) is 7.34. The van der Waals surface area contributed by atoms with E-state index in [0.717, 1.165) is 24.9 Å². The largest absolute Gasteiger partial charge is 0.315 e. The Morgan fingerprint density at radius 1 is 1.22 bits per heavy atom. The van der Waals surface area contributed by atoms with Gasteiger partial charge in [-0.3, -0.25) is 4.79 Å². The summed E-state index contributed by atoms with van der Waals surface area (Å²) < 4.78 is 24.5. The Kier molecular flexibility index (Phi) is 6.01. The number of fused-ring (bicyclic) bond motifs is 1. The molecule has 0 unspecified atom stereocenters. The molecule has 5 nitrogen and oxygen atoms in total. The van der Waals surface area contributed by atoms with Crippen molar-refractivity contribution < 1.29 is 13.2 Å². The molecule has 0 aliphatic carbocycles. The molecule has 2 fully saturated rings. The Hall–Kier alpha value is -1.34. The number of benzene rings is 1. The van der Waals surface area contributed by atoms with Crippen LogP contribution in [0.15, 0.2) is 23.2 Å². The Morgan fingerprint density at radius 2 is 1.85 bits per heavy atom. The highest BCUT2D eigenvalue weighted by Crippen LogP contribution is 2.43. The molecule has 2 aliphatic rings. The third-order valence-corrected chi connectivity index (χ3v) is 8.72. The molecular formula is C20H28N2O3S2. The summed E-state index contributed by atoms with van der Waals surface area (Å²) in [6.45, 7) is 8.07. The fourth-order valence-electron chi connectivity index (χ4n) is 3.73. The minimum absolute atomic E-state index is 0.0619. The molecule has 1 aromatic rings. The number of aryl methyl sites for hydroxylation is 2. The summed E-state index contributed by atoms with van der Waals surface area (Å²) in [6, 6.07) is 6.07. The van der Waals surface area contributed by atoms with E-state index in [-0.39, 0.29) is 34.6 Å². The third-order valence-electron chi connectivity index (χ3n) is 5.51. The summed E-state index contributed by atoms with van der Waals surface area (Å²) in [6.07, 6.45) is 2.44. The molecule has 0 aromatic heterocycles. The number of sulfone groups is 1. The summed E-state index contributed by atoms with van der Waals surface area (Å²) in [7, 11) is -3.06. The summed E-state index contributed by atoms with van der Waals surface area (Å²) in [5, 5.41) is 0.605. The first-order chi connectivity index (χ1) is 12.8. The highest BCUT2D eigenvalue weighted by Gasteiger charge is 2.50. The molecule has 3 atom stereocenters. The number of thioether (sulfide) groups is 1. The van der Waals surface area contributed by atoms with Gasteiger partial charge in [-0.05, 0) is 30.4 Å². The van der Waals surface area contributed by atoms with Gasteiger partial charge in [-0.15, -0.1) is 0 Å². The number of anilines is 1. The zero-order valence-corrected chi connectivity index (χ0v) is 18.1. The van der Waals surface area contributed by atoms with Gasteiger partial charge in [-0.1, -0.05) is 57.7 Å². The molecule has 148 valence electrons. The summed E-state index contributed by atoms with van der Waals surface area (Å²) in [5.41, 5.74) is 3.39. The van der Waals surface area contributed by atoms with Gasteiger partial charge in [0.1, 0.15) is 0 Å². The Morgan fingerprint density at radius 3 is 2.41 bits per heavy atom. The van der Waals surface area contributed by atoms with Crippen molar-refractivity contribution in [3.05, 3.63) is 29.3 Å². The molecule has 3 rings (SSSR count). The van der Waals surface area contributed by atoms with E-state index >= 15 is 0 Å². The number of para-hydroxylation sites is 1. The van der Waals surface area contributed by atoms with Crippen molar-refractivity contribution in [3.63, 3.8) is 0 Å². The number of nitrogens with zero attached hydrogens (tertiary/aromatic N) is 2. The molecule has 7 heteroatoms. The lowest BCUT2D eigenvalue weighted by molar-refractivity contribution is -0.121. The van der Waals surface area contributed by atoms with Gasteiger partial charge in [0.15, 0.2) is 15.0 Å². The average Bonchev–Trinajstić information content (AvgIpc) is 3.10. The molecule has 1 amide bonds. The lowest BCUT2D eigenvalue weighted by Crippen LogP contribution is -2.39. The zero-order chi connectivity index (χ0) is 19.8. The number of hydrogen-bond donors (Lipinski definition) is 0. The van der Waals surface area contributed by atoms with Gasteiger partial charge >= 0.3 is 0 Å². The van der Waals surface area contributed by atoms with Gasteiger partial charge in [0.25, 0.3) is 5.91 Å². The van der Waals surface area contributed by atoms with Gasteiger partial charge < -0.3 is 4.90 Å². The molecule has 2 heterocycles. The molecule has 1 aromatic carbocycles. The van der Waals surface area contributed by atoms with Crippen molar-refractivity contribution in [1.82, 2.24) is 0 Å². The monoisotopic (exact) mass is 408 g/mol. The van der Waals surface area contributed by atoms with Gasteiger partial charge in [-0.2, -0.15) is 4.99 Å². The van der Waals surface area contributed by atoms with Crippen molar-refractivity contribution in [1.29, 1.82) is 0 Å². The number of aliphatic imine (C=N–C) groups is 1. The van der Waals surface area contributed by atoms with Crippen LogP contribution in [0.4, 0.5) is 5.69 Å². The van der Waals surface area contributed by atoms with Crippen molar-refractivity contribution >= 4 is 38.4 Å². The molecule has 0 bridgehead atoms. The quantitative estimate of drug-likeness (QED) is 0.746. The van der Waals surface area contributed by atoms with E-state index in [1.165, 1.54) is 22.9 Å². The first-order valence-electron chi connectivity index (χ1n) is 9.70. The fraction of sp³-hybridized carbons (Fsp3) is 0.600. The van der Waals surface area contributed by atoms with Gasteiger partial charge in [0, 0.05) is 16.9 Å². The first kappa shape index (κ1) is 20.4. The smallest absolute Gasteiger partial charge is 0.250 e. The molecule has 2 saturated heterocycles. The molecular weight excluding hydrogens is 380 g/mol. The van der Waals surface area contributed by atoms with E-state index in [1.807, 2.05) is 19.9 Å². The van der Waals surface area contributed by atoms with Crippen LogP contribution in [0, 0.1) is 5.92 Å². The molecule has 0 N–H and O–H groups in total. The Balaban J connectivity index is 2.12. The second kappa shape index (κ2) is 7.95. The predicted molar refractivity (Wildman–Crippen MR) is 113 cm³/mol. The van der Waals surface area contributed by atoms with E-state index < -0.39 is 9.84 Å². The lowest BCUT2D eigenvalue weighted by Gasteiger charge is -2.29. The van der Waals surface area contributed by atoms with Crippen LogP contribution in [0.1, 0.15) is 45.2 Å². The maximum absolute atomic E-state index is 12.5. The number of carbonyl (C=O) groups is 1. The maximum Gasteiger partial charge on any atom is 0.250 e. The van der Waals surface area contributed by atoms with Crippen LogP contribution in [-0.2, 0) is 27.5 Å². The van der Waals surface area contributed by atoms with Crippen molar-refractivity contribution in [3.8, 4) is 0 Å². The van der Waals surface area contributed by atoms with E-state index in [0.29, 0.717) is 5.17 Å². The second-order valence-corrected chi connectivity index (χ2v) is 10.7. The van der Waals surface area contributed by atoms with Crippen molar-refractivity contribution in [2.45, 2.75) is 58.2 Å². The van der Waals surface area contributed by atoms with E-state index in [1.54, 1.807) is 0 Å². The lowest BCUT2D eigenvalue weighted by atomic mass is 10.0. The highest BCUT2D eigenvalue weighted by atomic mass is 32.2. The summed E-state index contributed by atoms with van der Waals surface area (Å²) in [4.78, 5) is 19.0. The van der Waals surface area contributed by atoms with Crippen LogP contribution in [0.5, 0.6) is 0 Å². The minimum atomic E-state index is -3.06. The van der Waals surface area contributed by atoms with Crippen LogP contribution in [0.2, 0.25) is 0 Å². The van der Waals surface area contributed by atoms with Gasteiger partial charge in [0.2, 0.25) is 0 Å². The predicted octanol–water partition coefficient (Wildman–Crippen LogP) is 3.46.